The van der Waals surface area contributed by atoms with Crippen molar-refractivity contribution in [3.63, 3.8) is 0 Å². The van der Waals surface area contributed by atoms with E-state index in [9.17, 15) is 18.8 Å². The van der Waals surface area contributed by atoms with Crippen LogP contribution in [0, 0.1) is 5.82 Å². The fraction of sp³-hybridized carbons (Fsp3) is 0.238. The van der Waals surface area contributed by atoms with Gasteiger partial charge in [-0.25, -0.2) is 13.9 Å². The SMILES string of the molecule is CCCn1nc(C(=O)OCC(=O)NCc2ccc(F)cc2)c2ccccc2c1=O. The summed E-state index contributed by atoms with van der Waals surface area (Å²) in [5.74, 6) is -1.66. The molecule has 0 radical (unpaired) electrons. The van der Waals surface area contributed by atoms with Crippen LogP contribution in [0.4, 0.5) is 4.39 Å². The lowest BCUT2D eigenvalue weighted by Crippen LogP contribution is -2.30. The molecule has 1 heterocycles. The van der Waals surface area contributed by atoms with Crippen molar-refractivity contribution < 1.29 is 18.7 Å². The predicted molar refractivity (Wildman–Crippen MR) is 105 cm³/mol. The van der Waals surface area contributed by atoms with E-state index in [1.165, 1.54) is 16.8 Å². The highest BCUT2D eigenvalue weighted by Crippen LogP contribution is 2.14. The molecule has 1 N–H and O–H groups in total. The minimum Gasteiger partial charge on any atom is -0.451 e. The third-order valence-corrected chi connectivity index (χ3v) is 4.23. The second-order valence-corrected chi connectivity index (χ2v) is 6.40. The molecule has 0 fully saturated rings. The highest BCUT2D eigenvalue weighted by molar-refractivity contribution is 6.02. The number of hydrogen-bond acceptors (Lipinski definition) is 5. The summed E-state index contributed by atoms with van der Waals surface area (Å²) in [7, 11) is 0. The Kier molecular flexibility index (Phi) is 6.33. The van der Waals surface area contributed by atoms with Gasteiger partial charge in [0, 0.05) is 18.5 Å². The summed E-state index contributed by atoms with van der Waals surface area (Å²) in [6.45, 7) is 1.94. The minimum atomic E-state index is -0.789. The van der Waals surface area contributed by atoms with Crippen LogP contribution in [0.5, 0.6) is 0 Å². The van der Waals surface area contributed by atoms with Gasteiger partial charge in [0.15, 0.2) is 12.3 Å². The lowest BCUT2D eigenvalue weighted by molar-refractivity contribution is -0.124. The van der Waals surface area contributed by atoms with E-state index in [0.717, 1.165) is 0 Å². The monoisotopic (exact) mass is 397 g/mol. The van der Waals surface area contributed by atoms with Crippen molar-refractivity contribution in [3.8, 4) is 0 Å². The van der Waals surface area contributed by atoms with Gasteiger partial charge in [0.1, 0.15) is 5.82 Å². The van der Waals surface area contributed by atoms with Crippen LogP contribution in [0.2, 0.25) is 0 Å². The summed E-state index contributed by atoms with van der Waals surface area (Å²) >= 11 is 0. The summed E-state index contributed by atoms with van der Waals surface area (Å²) in [6, 6.07) is 12.3. The van der Waals surface area contributed by atoms with E-state index >= 15 is 0 Å². The molecule has 1 amide bonds. The number of esters is 1. The van der Waals surface area contributed by atoms with Gasteiger partial charge in [-0.05, 0) is 30.2 Å². The number of carbonyl (C=O) groups is 2. The van der Waals surface area contributed by atoms with E-state index in [4.69, 9.17) is 4.74 Å². The Morgan fingerprint density at radius 3 is 2.48 bits per heavy atom. The van der Waals surface area contributed by atoms with Crippen LogP contribution in [-0.4, -0.2) is 28.3 Å². The zero-order valence-electron chi connectivity index (χ0n) is 15.9. The molecule has 0 spiro atoms. The number of halogens is 1. The molecule has 7 nitrogen and oxygen atoms in total. The number of aryl methyl sites for hydroxylation is 1. The van der Waals surface area contributed by atoms with Crippen LogP contribution >= 0.6 is 0 Å². The van der Waals surface area contributed by atoms with Gasteiger partial charge in [0.2, 0.25) is 0 Å². The van der Waals surface area contributed by atoms with Gasteiger partial charge in [-0.2, -0.15) is 5.10 Å². The van der Waals surface area contributed by atoms with Gasteiger partial charge in [0.25, 0.3) is 11.5 Å². The van der Waals surface area contributed by atoms with Gasteiger partial charge in [-0.3, -0.25) is 9.59 Å². The van der Waals surface area contributed by atoms with E-state index in [2.05, 4.69) is 10.4 Å². The van der Waals surface area contributed by atoms with Crippen molar-refractivity contribution in [1.82, 2.24) is 15.1 Å². The molecule has 0 aliphatic carbocycles. The van der Waals surface area contributed by atoms with Crippen LogP contribution in [0.3, 0.4) is 0 Å². The Bertz CT molecular complexity index is 1090. The first-order valence-corrected chi connectivity index (χ1v) is 9.17. The molecule has 0 atom stereocenters. The molecule has 0 saturated carbocycles. The van der Waals surface area contributed by atoms with Gasteiger partial charge in [-0.15, -0.1) is 0 Å². The van der Waals surface area contributed by atoms with E-state index in [1.54, 1.807) is 36.4 Å². The lowest BCUT2D eigenvalue weighted by Gasteiger charge is -2.10. The van der Waals surface area contributed by atoms with E-state index < -0.39 is 18.5 Å². The number of carbonyl (C=O) groups excluding carboxylic acids is 2. The standard InChI is InChI=1S/C21H20FN3O4/c1-2-11-25-20(27)17-6-4-3-5-16(17)19(24-25)21(28)29-13-18(26)23-12-14-7-9-15(22)10-8-14/h3-10H,2,11-13H2,1H3,(H,23,26). The third-order valence-electron chi connectivity index (χ3n) is 4.23. The Morgan fingerprint density at radius 1 is 1.10 bits per heavy atom. The quantitative estimate of drug-likeness (QED) is 0.619. The summed E-state index contributed by atoms with van der Waals surface area (Å²) in [4.78, 5) is 37.0. The molecule has 0 bridgehead atoms. The smallest absolute Gasteiger partial charge is 0.359 e. The van der Waals surface area contributed by atoms with Crippen molar-refractivity contribution in [3.05, 3.63) is 76.0 Å². The number of hydrogen-bond donors (Lipinski definition) is 1. The molecule has 3 aromatic rings. The Hall–Kier alpha value is -3.55. The average Bonchev–Trinajstić information content (AvgIpc) is 2.73. The van der Waals surface area contributed by atoms with Crippen LogP contribution in [0.25, 0.3) is 10.8 Å². The first kappa shape index (κ1) is 20.2. The maximum atomic E-state index is 12.9. The molecule has 0 unspecified atom stereocenters. The predicted octanol–water partition coefficient (Wildman–Crippen LogP) is 2.42. The summed E-state index contributed by atoms with van der Waals surface area (Å²) in [6.07, 6.45) is 0.672. The Balaban J connectivity index is 1.69. The number of aromatic nitrogens is 2. The number of fused-ring (bicyclic) bond motifs is 1. The summed E-state index contributed by atoms with van der Waals surface area (Å²) < 4.78 is 19.2. The van der Waals surface area contributed by atoms with Crippen LogP contribution in [0.1, 0.15) is 29.4 Å². The summed E-state index contributed by atoms with van der Waals surface area (Å²) in [5, 5.41) is 7.46. The number of benzene rings is 2. The van der Waals surface area contributed by atoms with Crippen LogP contribution in [-0.2, 0) is 22.6 Å². The van der Waals surface area contributed by atoms with Gasteiger partial charge < -0.3 is 10.1 Å². The summed E-state index contributed by atoms with van der Waals surface area (Å²) in [5.41, 5.74) is 0.418. The first-order chi connectivity index (χ1) is 14.0. The van der Waals surface area contributed by atoms with Crippen molar-refractivity contribution in [2.75, 3.05) is 6.61 Å². The minimum absolute atomic E-state index is 0.0139. The van der Waals surface area contributed by atoms with Crippen LogP contribution in [0.15, 0.2) is 53.3 Å². The third kappa shape index (κ3) is 4.84. The van der Waals surface area contributed by atoms with E-state index in [1.807, 2.05) is 6.92 Å². The van der Waals surface area contributed by atoms with Crippen molar-refractivity contribution in [1.29, 1.82) is 0 Å². The number of nitrogens with one attached hydrogen (secondary N) is 1. The van der Waals surface area contributed by atoms with Crippen molar-refractivity contribution in [2.45, 2.75) is 26.4 Å². The maximum absolute atomic E-state index is 12.9. The topological polar surface area (TPSA) is 90.3 Å². The highest BCUT2D eigenvalue weighted by atomic mass is 19.1. The zero-order chi connectivity index (χ0) is 20.8. The molecule has 150 valence electrons. The second kappa shape index (κ2) is 9.09. The molecule has 3 rings (SSSR count). The van der Waals surface area contributed by atoms with Crippen molar-refractivity contribution in [2.24, 2.45) is 0 Å². The molecule has 29 heavy (non-hydrogen) atoms. The zero-order valence-corrected chi connectivity index (χ0v) is 15.9. The van der Waals surface area contributed by atoms with Crippen LogP contribution < -0.4 is 10.9 Å². The van der Waals surface area contributed by atoms with E-state index in [0.29, 0.717) is 29.3 Å². The molecular weight excluding hydrogens is 377 g/mol. The molecule has 0 saturated heterocycles. The largest absolute Gasteiger partial charge is 0.451 e. The molecule has 0 aliphatic rings. The number of amides is 1. The molecule has 1 aromatic heterocycles. The number of rotatable bonds is 7. The fourth-order valence-corrected chi connectivity index (χ4v) is 2.80. The lowest BCUT2D eigenvalue weighted by atomic mass is 10.1. The highest BCUT2D eigenvalue weighted by Gasteiger charge is 2.18. The Labute approximate surface area is 166 Å². The normalized spacial score (nSPS) is 10.7. The maximum Gasteiger partial charge on any atom is 0.359 e. The molecule has 2 aromatic carbocycles. The fourth-order valence-electron chi connectivity index (χ4n) is 2.80. The number of ether oxygens (including phenoxy) is 1. The van der Waals surface area contributed by atoms with Gasteiger partial charge in [-0.1, -0.05) is 37.3 Å². The molecule has 0 aliphatic heterocycles. The van der Waals surface area contributed by atoms with E-state index in [-0.39, 0.29) is 23.6 Å². The molecular formula is C21H20FN3O4. The second-order valence-electron chi connectivity index (χ2n) is 6.40. The Morgan fingerprint density at radius 2 is 1.79 bits per heavy atom. The van der Waals surface area contributed by atoms with Gasteiger partial charge in [0.05, 0.1) is 5.39 Å². The number of nitrogens with zero attached hydrogens (tertiary/aromatic N) is 2. The van der Waals surface area contributed by atoms with Crippen molar-refractivity contribution >= 4 is 22.6 Å². The first-order valence-electron chi connectivity index (χ1n) is 9.17. The molecule has 8 heteroatoms. The average molecular weight is 397 g/mol. The van der Waals surface area contributed by atoms with Gasteiger partial charge >= 0.3 is 5.97 Å².